The molecule has 2 aromatic heterocycles. The number of benzene rings is 2. The van der Waals surface area contributed by atoms with Gasteiger partial charge in [0.25, 0.3) is 5.91 Å². The second kappa shape index (κ2) is 11.7. The van der Waals surface area contributed by atoms with Crippen LogP contribution in [-0.2, 0) is 6.61 Å². The number of nitrogens with two attached hydrogens (primary N) is 1. The molecule has 0 fully saturated rings. The highest BCUT2D eigenvalue weighted by atomic mass is 35.5. The second-order valence-electron chi connectivity index (χ2n) is 6.34. The first-order chi connectivity index (χ1) is 15.1. The number of primary amides is 1. The summed E-state index contributed by atoms with van der Waals surface area (Å²) in [5.41, 5.74) is 7.24. The minimum Gasteiger partial charge on any atom is -0.489 e. The second-order valence-corrected chi connectivity index (χ2v) is 6.78. The van der Waals surface area contributed by atoms with Gasteiger partial charge >= 0.3 is 0 Å². The number of nitrogens with zero attached hydrogens (tertiary/aromatic N) is 2. The van der Waals surface area contributed by atoms with Crippen LogP contribution in [0.1, 0.15) is 37.3 Å². The summed E-state index contributed by atoms with van der Waals surface area (Å²) in [6, 6.07) is 18.6. The molecule has 0 aliphatic heterocycles. The number of ether oxygens (including phenoxy) is 1. The molecule has 0 aliphatic carbocycles. The van der Waals surface area contributed by atoms with Crippen molar-refractivity contribution < 1.29 is 9.53 Å². The van der Waals surface area contributed by atoms with Crippen LogP contribution in [0.5, 0.6) is 5.75 Å². The average molecular weight is 451 g/mol. The van der Waals surface area contributed by atoms with Crippen molar-refractivity contribution in [2.75, 3.05) is 5.32 Å². The van der Waals surface area contributed by atoms with Crippen molar-refractivity contribution in [2.45, 2.75) is 27.9 Å². The summed E-state index contributed by atoms with van der Waals surface area (Å²) in [6.07, 6.45) is 3.27. The lowest BCUT2D eigenvalue weighted by molar-refractivity contribution is 0.0995. The molecule has 4 rings (SSSR count). The van der Waals surface area contributed by atoms with Gasteiger partial charge in [-0.25, -0.2) is 4.98 Å². The van der Waals surface area contributed by atoms with E-state index in [-0.39, 0.29) is 19.7 Å². The lowest BCUT2D eigenvalue weighted by Crippen LogP contribution is -2.12. The van der Waals surface area contributed by atoms with Gasteiger partial charge in [-0.3, -0.25) is 9.78 Å². The van der Waals surface area contributed by atoms with E-state index in [1.165, 1.54) is 12.3 Å². The fourth-order valence-corrected chi connectivity index (χ4v) is 3.06. The van der Waals surface area contributed by atoms with Gasteiger partial charge < -0.3 is 15.8 Å². The van der Waals surface area contributed by atoms with Crippen molar-refractivity contribution in [3.8, 4) is 5.75 Å². The monoisotopic (exact) mass is 450 g/mol. The van der Waals surface area contributed by atoms with Crippen LogP contribution in [0, 0.1) is 0 Å². The van der Waals surface area contributed by atoms with Gasteiger partial charge in [-0.05, 0) is 35.7 Å². The van der Waals surface area contributed by atoms with Crippen LogP contribution < -0.4 is 15.8 Å². The summed E-state index contributed by atoms with van der Waals surface area (Å²) in [5, 5.41) is 5.99. The van der Waals surface area contributed by atoms with Gasteiger partial charge in [0.2, 0.25) is 0 Å². The standard InChI is InChI=1S/C22H17ClN4O2.C2H6.CH4/c23-15-5-7-16(8-6-15)27-22-19-4-2-1-3-18(19)14(12-26-22)13-29-17-9-10-25-20(11-17)21(24)28;1-2;/h1-12H,13H2,(H2,24,28)(H,26,27);1-2H3;1H4. The fourth-order valence-electron chi connectivity index (χ4n) is 2.93. The van der Waals surface area contributed by atoms with Crippen molar-refractivity contribution in [3.63, 3.8) is 0 Å². The molecule has 1 amide bonds. The van der Waals surface area contributed by atoms with E-state index in [0.717, 1.165) is 27.8 Å². The Bertz CT molecular complexity index is 1180. The first kappa shape index (κ1) is 24.6. The predicted octanol–water partition coefficient (Wildman–Crippen LogP) is 6.37. The number of hydrogen-bond donors (Lipinski definition) is 2. The van der Waals surface area contributed by atoms with E-state index >= 15 is 0 Å². The molecule has 166 valence electrons. The Morgan fingerprint density at radius 2 is 1.72 bits per heavy atom. The Kier molecular flexibility index (Phi) is 8.98. The van der Waals surface area contributed by atoms with Crippen molar-refractivity contribution in [1.29, 1.82) is 0 Å². The molecular formula is C25H27ClN4O2. The van der Waals surface area contributed by atoms with Gasteiger partial charge in [0, 0.05) is 40.1 Å². The maximum absolute atomic E-state index is 11.3. The fraction of sp³-hybridized carbons (Fsp3) is 0.160. The summed E-state index contributed by atoms with van der Waals surface area (Å²) in [5.74, 6) is 0.660. The molecule has 3 N–H and O–H groups in total. The third-order valence-electron chi connectivity index (χ3n) is 4.36. The summed E-state index contributed by atoms with van der Waals surface area (Å²) >= 11 is 5.96. The average Bonchev–Trinajstić information content (AvgIpc) is 2.81. The molecule has 2 heterocycles. The van der Waals surface area contributed by atoms with E-state index in [2.05, 4.69) is 15.3 Å². The molecule has 0 spiro atoms. The Hall–Kier alpha value is -3.64. The Morgan fingerprint density at radius 1 is 1.03 bits per heavy atom. The number of fused-ring (bicyclic) bond motifs is 1. The van der Waals surface area contributed by atoms with E-state index in [1.807, 2.05) is 62.4 Å². The van der Waals surface area contributed by atoms with Gasteiger partial charge in [-0.15, -0.1) is 0 Å². The van der Waals surface area contributed by atoms with Crippen LogP contribution in [0.25, 0.3) is 10.8 Å². The minimum absolute atomic E-state index is 0. The highest BCUT2D eigenvalue weighted by molar-refractivity contribution is 6.30. The Labute approximate surface area is 193 Å². The summed E-state index contributed by atoms with van der Waals surface area (Å²) < 4.78 is 5.84. The number of carbonyl (C=O) groups is 1. The Balaban J connectivity index is 0.00000118. The number of pyridine rings is 2. The van der Waals surface area contributed by atoms with Crippen molar-refractivity contribution in [3.05, 3.63) is 89.3 Å². The highest BCUT2D eigenvalue weighted by Gasteiger charge is 2.09. The van der Waals surface area contributed by atoms with Crippen LogP contribution >= 0.6 is 11.6 Å². The van der Waals surface area contributed by atoms with Crippen LogP contribution in [0.3, 0.4) is 0 Å². The van der Waals surface area contributed by atoms with Crippen LogP contribution in [0.4, 0.5) is 11.5 Å². The number of carbonyl (C=O) groups excluding carboxylic acids is 1. The molecular weight excluding hydrogens is 424 g/mol. The number of amides is 1. The van der Waals surface area contributed by atoms with Crippen molar-refractivity contribution >= 4 is 39.8 Å². The zero-order valence-electron chi connectivity index (χ0n) is 17.3. The number of nitrogens with one attached hydrogen (secondary N) is 1. The molecule has 7 heteroatoms. The van der Waals surface area contributed by atoms with Gasteiger partial charge in [-0.2, -0.15) is 0 Å². The number of anilines is 2. The molecule has 0 aliphatic rings. The zero-order valence-corrected chi connectivity index (χ0v) is 18.1. The first-order valence-corrected chi connectivity index (χ1v) is 10.3. The molecule has 0 bridgehead atoms. The molecule has 32 heavy (non-hydrogen) atoms. The molecule has 2 aromatic carbocycles. The molecule has 0 saturated heterocycles. The molecule has 0 radical (unpaired) electrons. The van der Waals surface area contributed by atoms with Crippen molar-refractivity contribution in [1.82, 2.24) is 9.97 Å². The highest BCUT2D eigenvalue weighted by Crippen LogP contribution is 2.28. The number of halogens is 1. The van der Waals surface area contributed by atoms with Crippen LogP contribution in [-0.4, -0.2) is 15.9 Å². The molecule has 0 atom stereocenters. The number of hydrogen-bond acceptors (Lipinski definition) is 5. The predicted molar refractivity (Wildman–Crippen MR) is 132 cm³/mol. The summed E-state index contributed by atoms with van der Waals surface area (Å²) in [6.45, 7) is 4.29. The van der Waals surface area contributed by atoms with E-state index in [4.69, 9.17) is 22.1 Å². The smallest absolute Gasteiger partial charge is 0.267 e. The third kappa shape index (κ3) is 5.95. The van der Waals surface area contributed by atoms with Crippen molar-refractivity contribution in [2.24, 2.45) is 5.73 Å². The largest absolute Gasteiger partial charge is 0.489 e. The topological polar surface area (TPSA) is 90.1 Å². The van der Waals surface area contributed by atoms with Gasteiger partial charge in [0.1, 0.15) is 23.9 Å². The normalized spacial score (nSPS) is 9.84. The molecule has 0 unspecified atom stereocenters. The van der Waals surface area contributed by atoms with E-state index < -0.39 is 5.91 Å². The number of rotatable bonds is 6. The van der Waals surface area contributed by atoms with Crippen LogP contribution in [0.2, 0.25) is 5.02 Å². The van der Waals surface area contributed by atoms with Gasteiger partial charge in [0.15, 0.2) is 0 Å². The third-order valence-corrected chi connectivity index (χ3v) is 4.61. The molecule has 0 saturated carbocycles. The van der Waals surface area contributed by atoms with E-state index in [1.54, 1.807) is 12.3 Å². The lowest BCUT2D eigenvalue weighted by Gasteiger charge is -2.13. The number of aromatic nitrogens is 2. The first-order valence-electron chi connectivity index (χ1n) is 9.88. The van der Waals surface area contributed by atoms with E-state index in [9.17, 15) is 4.79 Å². The maximum Gasteiger partial charge on any atom is 0.267 e. The van der Waals surface area contributed by atoms with Gasteiger partial charge in [0.05, 0.1) is 0 Å². The summed E-state index contributed by atoms with van der Waals surface area (Å²) in [4.78, 5) is 19.8. The molecule has 6 nitrogen and oxygen atoms in total. The lowest BCUT2D eigenvalue weighted by atomic mass is 10.1. The summed E-state index contributed by atoms with van der Waals surface area (Å²) in [7, 11) is 0. The van der Waals surface area contributed by atoms with Crippen LogP contribution in [0.15, 0.2) is 73.1 Å². The zero-order chi connectivity index (χ0) is 22.2. The quantitative estimate of drug-likeness (QED) is 0.356. The van der Waals surface area contributed by atoms with Gasteiger partial charge in [-0.1, -0.05) is 57.1 Å². The SMILES string of the molecule is C.CC.NC(=O)c1cc(OCc2cnc(Nc3ccc(Cl)cc3)c3ccccc23)ccn1. The minimum atomic E-state index is -0.597. The maximum atomic E-state index is 11.3. The Morgan fingerprint density at radius 3 is 2.41 bits per heavy atom. The van der Waals surface area contributed by atoms with E-state index in [0.29, 0.717) is 10.8 Å². The molecule has 4 aromatic rings.